The van der Waals surface area contributed by atoms with Crippen molar-refractivity contribution in [2.24, 2.45) is 11.7 Å². The fourth-order valence-electron chi connectivity index (χ4n) is 5.72. The summed E-state index contributed by atoms with van der Waals surface area (Å²) in [4.78, 5) is 14.5. The molecule has 2 aliphatic rings. The highest BCUT2D eigenvalue weighted by Crippen LogP contribution is 2.31. The third-order valence-electron chi connectivity index (χ3n) is 8.23. The first-order valence-electron chi connectivity index (χ1n) is 14.7. The van der Waals surface area contributed by atoms with E-state index < -0.39 is 15.6 Å². The highest BCUT2D eigenvalue weighted by molar-refractivity contribution is 7.92. The molecule has 4 rings (SSSR count). The average Bonchev–Trinajstić information content (AvgIpc) is 2.94. The normalized spacial score (nSPS) is 18.4. The number of hydrogen-bond acceptors (Lipinski definition) is 6. The summed E-state index contributed by atoms with van der Waals surface area (Å²) in [5.41, 5.74) is 6.71. The van der Waals surface area contributed by atoms with E-state index >= 15 is 0 Å². The van der Waals surface area contributed by atoms with Crippen LogP contribution in [0.15, 0.2) is 48.5 Å². The molecule has 0 aromatic heterocycles. The average molecular weight is 572 g/mol. The molecule has 2 aromatic carbocycles. The molecule has 1 aliphatic heterocycles. The van der Waals surface area contributed by atoms with Crippen molar-refractivity contribution in [1.82, 2.24) is 4.90 Å². The van der Waals surface area contributed by atoms with Crippen molar-refractivity contribution < 1.29 is 22.7 Å². The van der Waals surface area contributed by atoms with E-state index in [9.17, 15) is 13.2 Å². The largest absolute Gasteiger partial charge is 0.457 e. The van der Waals surface area contributed by atoms with Crippen molar-refractivity contribution in [3.8, 4) is 11.5 Å². The monoisotopic (exact) mass is 571 g/mol. The van der Waals surface area contributed by atoms with Gasteiger partial charge < -0.3 is 15.2 Å². The molecule has 2 fully saturated rings. The van der Waals surface area contributed by atoms with E-state index in [4.69, 9.17) is 15.2 Å². The van der Waals surface area contributed by atoms with E-state index in [0.29, 0.717) is 43.3 Å². The molecule has 0 radical (unpaired) electrons. The Hall–Kier alpha value is -2.62. The number of carbonyl (C=O) groups is 1. The number of amides is 1. The maximum atomic E-state index is 12.5. The van der Waals surface area contributed by atoms with Gasteiger partial charge in [-0.05, 0) is 80.0 Å². The van der Waals surface area contributed by atoms with Crippen molar-refractivity contribution in [1.29, 1.82) is 0 Å². The highest BCUT2D eigenvalue weighted by atomic mass is 32.2. The molecule has 220 valence electrons. The van der Waals surface area contributed by atoms with Crippen molar-refractivity contribution >= 4 is 21.6 Å². The van der Waals surface area contributed by atoms with Crippen molar-refractivity contribution in [3.05, 3.63) is 54.1 Å². The van der Waals surface area contributed by atoms with Crippen LogP contribution < -0.4 is 14.8 Å². The van der Waals surface area contributed by atoms with Crippen LogP contribution in [-0.4, -0.2) is 57.3 Å². The maximum Gasteiger partial charge on any atom is 0.249 e. The van der Waals surface area contributed by atoms with Gasteiger partial charge in [0, 0.05) is 32.8 Å². The van der Waals surface area contributed by atoms with Gasteiger partial charge >= 0.3 is 0 Å². The summed E-state index contributed by atoms with van der Waals surface area (Å²) in [6.45, 7) is 5.49. The third-order valence-corrected chi connectivity index (χ3v) is 9.39. The standard InChI is InChI=1S/C31H45N3O5S/c1-3-4-22-38-31(30(32)35)18-20-33(21-19-31)23-26-10-14-28(15-11-26)39-29-16-12-27(13-17-29)34(40(2,36)37)24-25-8-6-5-7-9-25/h10-17,25H,3-9,18-24H2,1-2H3,(H2,32,35). The molecule has 8 nitrogen and oxygen atoms in total. The Bertz CT molecular complexity index is 1190. The molecule has 0 atom stereocenters. The van der Waals surface area contributed by atoms with Gasteiger partial charge in [-0.25, -0.2) is 8.42 Å². The first-order chi connectivity index (χ1) is 19.2. The molecule has 1 saturated heterocycles. The van der Waals surface area contributed by atoms with E-state index in [1.807, 2.05) is 48.5 Å². The molecule has 0 spiro atoms. The van der Waals surface area contributed by atoms with E-state index in [0.717, 1.165) is 56.6 Å². The van der Waals surface area contributed by atoms with Gasteiger partial charge in [0.2, 0.25) is 15.9 Å². The number of hydrogen-bond donors (Lipinski definition) is 1. The van der Waals surface area contributed by atoms with Gasteiger partial charge in [0.25, 0.3) is 0 Å². The molecule has 1 aliphatic carbocycles. The summed E-state index contributed by atoms with van der Waals surface area (Å²) in [5, 5.41) is 0. The van der Waals surface area contributed by atoms with Crippen LogP contribution >= 0.6 is 0 Å². The van der Waals surface area contributed by atoms with Crippen molar-refractivity contribution in [3.63, 3.8) is 0 Å². The van der Waals surface area contributed by atoms with E-state index in [1.54, 1.807) is 0 Å². The van der Waals surface area contributed by atoms with Crippen LogP contribution in [0.1, 0.15) is 70.3 Å². The maximum absolute atomic E-state index is 12.5. The van der Waals surface area contributed by atoms with Gasteiger partial charge in [0.15, 0.2) is 0 Å². The van der Waals surface area contributed by atoms with E-state index in [-0.39, 0.29) is 5.91 Å². The summed E-state index contributed by atoms with van der Waals surface area (Å²) in [6.07, 6.45) is 10.2. The van der Waals surface area contributed by atoms with Crippen LogP contribution in [0.25, 0.3) is 0 Å². The lowest BCUT2D eigenvalue weighted by Crippen LogP contribution is -2.53. The predicted octanol–water partition coefficient (Wildman–Crippen LogP) is 5.46. The SMILES string of the molecule is CCCCOC1(C(N)=O)CCN(Cc2ccc(Oc3ccc(N(CC4CCCCC4)S(C)(=O)=O)cc3)cc2)CC1. The van der Waals surface area contributed by atoms with Gasteiger partial charge in [-0.2, -0.15) is 0 Å². The molecule has 1 amide bonds. The highest BCUT2D eigenvalue weighted by Gasteiger charge is 2.40. The molecular formula is C31H45N3O5S. The lowest BCUT2D eigenvalue weighted by Gasteiger charge is -2.39. The molecule has 1 heterocycles. The summed E-state index contributed by atoms with van der Waals surface area (Å²) in [6, 6.07) is 15.3. The zero-order chi connectivity index (χ0) is 28.6. The third kappa shape index (κ3) is 8.21. The Kier molecular flexibility index (Phi) is 10.5. The summed E-state index contributed by atoms with van der Waals surface area (Å²) in [5.74, 6) is 1.43. The predicted molar refractivity (Wildman–Crippen MR) is 159 cm³/mol. The second kappa shape index (κ2) is 13.8. The second-order valence-electron chi connectivity index (χ2n) is 11.4. The summed E-state index contributed by atoms with van der Waals surface area (Å²) in [7, 11) is -3.36. The van der Waals surface area contributed by atoms with Crippen LogP contribution in [0.2, 0.25) is 0 Å². The minimum Gasteiger partial charge on any atom is -0.457 e. The Morgan fingerprint density at radius 3 is 2.15 bits per heavy atom. The number of sulfonamides is 1. The molecule has 2 aromatic rings. The summed E-state index contributed by atoms with van der Waals surface area (Å²) >= 11 is 0. The zero-order valence-electron chi connectivity index (χ0n) is 24.0. The fraction of sp³-hybridized carbons (Fsp3) is 0.581. The number of rotatable bonds is 13. The Morgan fingerprint density at radius 2 is 1.60 bits per heavy atom. The molecule has 0 unspecified atom stereocenters. The van der Waals surface area contributed by atoms with Gasteiger partial charge in [-0.15, -0.1) is 0 Å². The lowest BCUT2D eigenvalue weighted by atomic mass is 9.89. The number of anilines is 1. The topological polar surface area (TPSA) is 102 Å². The van der Waals surface area contributed by atoms with Crippen molar-refractivity contribution in [2.75, 3.05) is 36.8 Å². The Balaban J connectivity index is 1.30. The minimum absolute atomic E-state index is 0.356. The van der Waals surface area contributed by atoms with Crippen LogP contribution in [0.3, 0.4) is 0 Å². The fourth-order valence-corrected chi connectivity index (χ4v) is 6.71. The number of ether oxygens (including phenoxy) is 2. The number of nitrogens with two attached hydrogens (primary N) is 1. The molecule has 40 heavy (non-hydrogen) atoms. The molecule has 0 bridgehead atoms. The first kappa shape index (κ1) is 30.3. The van der Waals surface area contributed by atoms with Gasteiger partial charge in [0.05, 0.1) is 11.9 Å². The van der Waals surface area contributed by atoms with Gasteiger partial charge in [-0.1, -0.05) is 44.7 Å². The molecule has 2 N–H and O–H groups in total. The number of primary amides is 1. The Morgan fingerprint density at radius 1 is 1.00 bits per heavy atom. The van der Waals surface area contributed by atoms with Crippen LogP contribution in [0.4, 0.5) is 5.69 Å². The first-order valence-corrected chi connectivity index (χ1v) is 16.5. The second-order valence-corrected chi connectivity index (χ2v) is 13.3. The Labute approximate surface area is 239 Å². The number of nitrogens with zero attached hydrogens (tertiary/aromatic N) is 2. The number of likely N-dealkylation sites (tertiary alicyclic amines) is 1. The molecule has 9 heteroatoms. The summed E-state index contributed by atoms with van der Waals surface area (Å²) < 4.78 is 38.6. The minimum atomic E-state index is -3.36. The smallest absolute Gasteiger partial charge is 0.249 e. The van der Waals surface area contributed by atoms with E-state index in [2.05, 4.69) is 11.8 Å². The lowest BCUT2D eigenvalue weighted by molar-refractivity contribution is -0.151. The van der Waals surface area contributed by atoms with Gasteiger partial charge in [-0.3, -0.25) is 14.0 Å². The van der Waals surface area contributed by atoms with Crippen LogP contribution in [-0.2, 0) is 26.1 Å². The van der Waals surface area contributed by atoms with Crippen molar-refractivity contribution in [2.45, 2.75) is 76.9 Å². The number of benzene rings is 2. The van der Waals surface area contributed by atoms with Gasteiger partial charge in [0.1, 0.15) is 17.1 Å². The number of carbonyl (C=O) groups excluding carboxylic acids is 1. The zero-order valence-corrected chi connectivity index (χ0v) is 24.8. The van der Waals surface area contributed by atoms with E-state index in [1.165, 1.54) is 29.8 Å². The molecule has 1 saturated carbocycles. The molecular weight excluding hydrogens is 526 g/mol. The quantitative estimate of drug-likeness (QED) is 0.320. The van der Waals surface area contributed by atoms with Crippen LogP contribution in [0.5, 0.6) is 11.5 Å². The van der Waals surface area contributed by atoms with Crippen LogP contribution in [0, 0.1) is 5.92 Å². The number of unbranched alkanes of at least 4 members (excludes halogenated alkanes) is 1. The number of piperidine rings is 1.